The van der Waals surface area contributed by atoms with Crippen LogP contribution in [-0.2, 0) is 6.54 Å². The highest BCUT2D eigenvalue weighted by Crippen LogP contribution is 2.21. The lowest BCUT2D eigenvalue weighted by atomic mass is 10.2. The van der Waals surface area contributed by atoms with E-state index < -0.39 is 5.82 Å². The largest absolute Gasteiger partial charge is 0.349 e. The van der Waals surface area contributed by atoms with E-state index >= 15 is 0 Å². The van der Waals surface area contributed by atoms with Crippen molar-refractivity contribution in [2.45, 2.75) is 6.54 Å². The zero-order valence-corrected chi connectivity index (χ0v) is 12.8. The standard InChI is InChI=1S/C16H13ClFN5/c17-13-8-12(6-7-14(13)18)21-15-10-20-23-16(22-15)19-9-11-4-2-1-3-5-11/h1-8,10H,9H2,(H2,19,21,22,23). The third kappa shape index (κ3) is 4.14. The van der Waals surface area contributed by atoms with Gasteiger partial charge in [-0.15, -0.1) is 5.10 Å². The quantitative estimate of drug-likeness (QED) is 0.740. The van der Waals surface area contributed by atoms with E-state index in [1.54, 1.807) is 6.07 Å². The number of nitrogens with one attached hydrogen (secondary N) is 2. The molecule has 0 radical (unpaired) electrons. The first kappa shape index (κ1) is 15.2. The molecule has 0 aliphatic carbocycles. The van der Waals surface area contributed by atoms with Crippen LogP contribution in [0.5, 0.6) is 0 Å². The average molecular weight is 330 g/mol. The molecule has 7 heteroatoms. The van der Waals surface area contributed by atoms with Crippen LogP contribution in [0, 0.1) is 5.82 Å². The number of hydrogen-bond acceptors (Lipinski definition) is 5. The molecule has 0 unspecified atom stereocenters. The number of benzene rings is 2. The van der Waals surface area contributed by atoms with Gasteiger partial charge >= 0.3 is 0 Å². The summed E-state index contributed by atoms with van der Waals surface area (Å²) in [4.78, 5) is 4.30. The van der Waals surface area contributed by atoms with Gasteiger partial charge in [0.05, 0.1) is 11.2 Å². The van der Waals surface area contributed by atoms with Crippen molar-refractivity contribution in [1.29, 1.82) is 0 Å². The summed E-state index contributed by atoms with van der Waals surface area (Å²) in [7, 11) is 0. The zero-order valence-electron chi connectivity index (χ0n) is 12.0. The summed E-state index contributed by atoms with van der Waals surface area (Å²) in [6.45, 7) is 0.592. The van der Waals surface area contributed by atoms with Gasteiger partial charge in [0.1, 0.15) is 5.82 Å². The van der Waals surface area contributed by atoms with Crippen LogP contribution in [0.15, 0.2) is 54.7 Å². The van der Waals surface area contributed by atoms with Gasteiger partial charge in [0, 0.05) is 12.2 Å². The Hall–Kier alpha value is -2.73. The Morgan fingerprint density at radius 1 is 1.09 bits per heavy atom. The monoisotopic (exact) mass is 329 g/mol. The molecule has 0 saturated heterocycles. The maximum absolute atomic E-state index is 13.2. The van der Waals surface area contributed by atoms with E-state index in [1.807, 2.05) is 30.3 Å². The van der Waals surface area contributed by atoms with Crippen molar-refractivity contribution in [1.82, 2.24) is 15.2 Å². The predicted molar refractivity (Wildman–Crippen MR) is 88.3 cm³/mol. The second kappa shape index (κ2) is 7.02. The summed E-state index contributed by atoms with van der Waals surface area (Å²) in [5.41, 5.74) is 1.73. The van der Waals surface area contributed by atoms with Crippen LogP contribution >= 0.6 is 11.6 Å². The fourth-order valence-corrected chi connectivity index (χ4v) is 2.12. The molecule has 0 bridgehead atoms. The lowest BCUT2D eigenvalue weighted by Crippen LogP contribution is -2.06. The predicted octanol–water partition coefficient (Wildman–Crippen LogP) is 4.02. The van der Waals surface area contributed by atoms with E-state index in [4.69, 9.17) is 11.6 Å². The summed E-state index contributed by atoms with van der Waals surface area (Å²) in [6.07, 6.45) is 1.48. The van der Waals surface area contributed by atoms with Gasteiger partial charge in [-0.3, -0.25) is 0 Å². The van der Waals surface area contributed by atoms with E-state index in [0.29, 0.717) is 24.0 Å². The van der Waals surface area contributed by atoms with E-state index in [0.717, 1.165) is 5.56 Å². The first-order valence-corrected chi connectivity index (χ1v) is 7.28. The van der Waals surface area contributed by atoms with Gasteiger partial charge in [-0.1, -0.05) is 41.9 Å². The van der Waals surface area contributed by atoms with Crippen LogP contribution in [0.3, 0.4) is 0 Å². The van der Waals surface area contributed by atoms with Gasteiger partial charge in [-0.25, -0.2) is 4.39 Å². The maximum Gasteiger partial charge on any atom is 0.244 e. The first-order chi connectivity index (χ1) is 11.2. The number of rotatable bonds is 5. The zero-order chi connectivity index (χ0) is 16.1. The first-order valence-electron chi connectivity index (χ1n) is 6.90. The molecule has 0 aliphatic heterocycles. The molecular formula is C16H13ClFN5. The third-order valence-electron chi connectivity index (χ3n) is 3.04. The summed E-state index contributed by atoms with van der Waals surface area (Å²) in [5, 5.41) is 14.0. The molecule has 5 nitrogen and oxygen atoms in total. The highest BCUT2D eigenvalue weighted by molar-refractivity contribution is 6.31. The van der Waals surface area contributed by atoms with Gasteiger partial charge in [0.2, 0.25) is 5.95 Å². The molecule has 3 rings (SSSR count). The smallest absolute Gasteiger partial charge is 0.244 e. The minimum Gasteiger partial charge on any atom is -0.349 e. The Labute approximate surface area is 137 Å². The van der Waals surface area contributed by atoms with Crippen LogP contribution in [0.4, 0.5) is 21.8 Å². The number of anilines is 3. The highest BCUT2D eigenvalue weighted by Gasteiger charge is 2.04. The molecule has 1 aromatic heterocycles. The fourth-order valence-electron chi connectivity index (χ4n) is 1.94. The molecule has 2 N–H and O–H groups in total. The van der Waals surface area contributed by atoms with Crippen molar-refractivity contribution in [3.05, 3.63) is 71.1 Å². The summed E-state index contributed by atoms with van der Waals surface area (Å²) in [6, 6.07) is 14.2. The Bertz CT molecular complexity index is 797. The van der Waals surface area contributed by atoms with Crippen molar-refractivity contribution >= 4 is 29.1 Å². The van der Waals surface area contributed by atoms with Crippen LogP contribution in [0.25, 0.3) is 0 Å². The normalized spacial score (nSPS) is 10.3. The van der Waals surface area contributed by atoms with Crippen molar-refractivity contribution in [2.24, 2.45) is 0 Å². The fraction of sp³-hybridized carbons (Fsp3) is 0.0625. The Balaban J connectivity index is 1.68. The summed E-state index contributed by atoms with van der Waals surface area (Å²) < 4.78 is 13.2. The van der Waals surface area contributed by atoms with Gasteiger partial charge < -0.3 is 10.6 Å². The molecule has 2 aromatic carbocycles. The topological polar surface area (TPSA) is 62.7 Å². The van der Waals surface area contributed by atoms with Crippen molar-refractivity contribution in [2.75, 3.05) is 10.6 Å². The SMILES string of the molecule is Fc1ccc(Nc2cnnc(NCc3ccccc3)n2)cc1Cl. The molecular weight excluding hydrogens is 317 g/mol. The maximum atomic E-state index is 13.2. The van der Waals surface area contributed by atoms with Crippen molar-refractivity contribution in [3.8, 4) is 0 Å². The van der Waals surface area contributed by atoms with Crippen molar-refractivity contribution < 1.29 is 4.39 Å². The van der Waals surface area contributed by atoms with Crippen LogP contribution in [-0.4, -0.2) is 15.2 Å². The number of nitrogens with zero attached hydrogens (tertiary/aromatic N) is 3. The van der Waals surface area contributed by atoms with Crippen LogP contribution in [0.2, 0.25) is 5.02 Å². The van der Waals surface area contributed by atoms with Gasteiger partial charge in [0.15, 0.2) is 5.82 Å². The molecule has 0 saturated carbocycles. The Morgan fingerprint density at radius 2 is 1.91 bits per heavy atom. The third-order valence-corrected chi connectivity index (χ3v) is 3.33. The molecule has 0 amide bonds. The van der Waals surface area contributed by atoms with Gasteiger partial charge in [0.25, 0.3) is 0 Å². The van der Waals surface area contributed by atoms with Gasteiger partial charge in [-0.2, -0.15) is 10.1 Å². The Morgan fingerprint density at radius 3 is 2.70 bits per heavy atom. The molecule has 1 heterocycles. The number of aromatic nitrogens is 3. The van der Waals surface area contributed by atoms with E-state index in [2.05, 4.69) is 25.8 Å². The highest BCUT2D eigenvalue weighted by atomic mass is 35.5. The molecule has 23 heavy (non-hydrogen) atoms. The second-order valence-corrected chi connectivity index (χ2v) is 5.17. The van der Waals surface area contributed by atoms with E-state index in [-0.39, 0.29) is 5.02 Å². The summed E-state index contributed by atoms with van der Waals surface area (Å²) in [5.74, 6) is 0.411. The molecule has 0 spiro atoms. The minimum atomic E-state index is -0.469. The Kier molecular flexibility index (Phi) is 4.63. The van der Waals surface area contributed by atoms with E-state index in [9.17, 15) is 4.39 Å². The molecule has 3 aromatic rings. The summed E-state index contributed by atoms with van der Waals surface area (Å²) >= 11 is 5.75. The molecule has 0 aliphatic rings. The van der Waals surface area contributed by atoms with E-state index in [1.165, 1.54) is 18.3 Å². The molecule has 116 valence electrons. The van der Waals surface area contributed by atoms with Crippen molar-refractivity contribution in [3.63, 3.8) is 0 Å². The number of halogens is 2. The van der Waals surface area contributed by atoms with Crippen LogP contribution in [0.1, 0.15) is 5.56 Å². The minimum absolute atomic E-state index is 0.0411. The molecule has 0 fully saturated rings. The lowest BCUT2D eigenvalue weighted by molar-refractivity contribution is 0.628. The lowest BCUT2D eigenvalue weighted by Gasteiger charge is -2.08. The van der Waals surface area contributed by atoms with Gasteiger partial charge in [-0.05, 0) is 23.8 Å². The second-order valence-electron chi connectivity index (χ2n) is 4.76. The number of hydrogen-bond donors (Lipinski definition) is 2. The average Bonchev–Trinajstić information content (AvgIpc) is 2.58. The molecule has 0 atom stereocenters. The van der Waals surface area contributed by atoms with Crippen LogP contribution < -0.4 is 10.6 Å².